The SMILES string of the molecule is CC(=O)c1c(C)[nH]c(C(=O)[C@H](C)OC(=O)c2ccc(Cl)nc2)c1C. The van der Waals surface area contributed by atoms with Crippen LogP contribution in [0.3, 0.4) is 0 Å². The standard InChI is InChI=1S/C17H17ClN2O4/c1-8-14(10(3)21)9(2)20-15(8)16(22)11(4)24-17(23)12-5-6-13(18)19-7-12/h5-7,11,20H,1-4H3/t11-/m0/s1. The Balaban J connectivity index is 2.18. The number of H-pyrrole nitrogens is 1. The fourth-order valence-corrected chi connectivity index (χ4v) is 2.62. The lowest BCUT2D eigenvalue weighted by Crippen LogP contribution is -2.25. The number of carbonyl (C=O) groups is 3. The second kappa shape index (κ2) is 6.97. The summed E-state index contributed by atoms with van der Waals surface area (Å²) in [7, 11) is 0. The van der Waals surface area contributed by atoms with E-state index in [0.29, 0.717) is 16.8 Å². The minimum atomic E-state index is -1.01. The fraction of sp³-hybridized carbons (Fsp3) is 0.294. The van der Waals surface area contributed by atoms with Gasteiger partial charge in [0.1, 0.15) is 5.15 Å². The Labute approximate surface area is 144 Å². The van der Waals surface area contributed by atoms with Crippen LogP contribution in [0.4, 0.5) is 0 Å². The highest BCUT2D eigenvalue weighted by molar-refractivity contribution is 6.29. The molecule has 0 saturated heterocycles. The monoisotopic (exact) mass is 348 g/mol. The molecule has 0 bridgehead atoms. The van der Waals surface area contributed by atoms with E-state index < -0.39 is 17.9 Å². The number of Topliss-reactive ketones (excluding diaryl/α,β-unsaturated/α-hetero) is 2. The molecular weight excluding hydrogens is 332 g/mol. The van der Waals surface area contributed by atoms with Gasteiger partial charge in [0.25, 0.3) is 0 Å². The molecule has 0 radical (unpaired) electrons. The molecule has 0 aromatic carbocycles. The summed E-state index contributed by atoms with van der Waals surface area (Å²) in [6.07, 6.45) is 0.268. The molecule has 24 heavy (non-hydrogen) atoms. The van der Waals surface area contributed by atoms with E-state index in [4.69, 9.17) is 16.3 Å². The summed E-state index contributed by atoms with van der Waals surface area (Å²) in [6.45, 7) is 6.32. The summed E-state index contributed by atoms with van der Waals surface area (Å²) in [5.41, 5.74) is 2.12. The summed E-state index contributed by atoms with van der Waals surface area (Å²) in [6, 6.07) is 2.93. The molecule has 2 heterocycles. The van der Waals surface area contributed by atoms with Crippen molar-refractivity contribution in [2.75, 3.05) is 0 Å². The molecule has 6 nitrogen and oxygen atoms in total. The lowest BCUT2D eigenvalue weighted by Gasteiger charge is -2.12. The molecular formula is C17H17ClN2O4. The Hall–Kier alpha value is -2.47. The number of halogens is 1. The summed E-state index contributed by atoms with van der Waals surface area (Å²) in [5.74, 6) is -1.21. The lowest BCUT2D eigenvalue weighted by molar-refractivity contribution is 0.0316. The second-order valence-electron chi connectivity index (χ2n) is 5.46. The number of ketones is 2. The van der Waals surface area contributed by atoms with Gasteiger partial charge in [0.05, 0.1) is 11.3 Å². The minimum Gasteiger partial charge on any atom is -0.451 e. The molecule has 0 aliphatic rings. The molecule has 0 aliphatic carbocycles. The number of rotatable bonds is 5. The molecule has 126 valence electrons. The van der Waals surface area contributed by atoms with Crippen LogP contribution in [0.15, 0.2) is 18.3 Å². The molecule has 7 heteroatoms. The fourth-order valence-electron chi connectivity index (χ4n) is 2.51. The quantitative estimate of drug-likeness (QED) is 0.508. The van der Waals surface area contributed by atoms with Crippen LogP contribution >= 0.6 is 11.6 Å². The van der Waals surface area contributed by atoms with Gasteiger partial charge in [0, 0.05) is 17.5 Å². The van der Waals surface area contributed by atoms with Gasteiger partial charge in [-0.1, -0.05) is 11.6 Å². The van der Waals surface area contributed by atoms with Crippen LogP contribution in [0.25, 0.3) is 0 Å². The predicted molar refractivity (Wildman–Crippen MR) is 88.7 cm³/mol. The van der Waals surface area contributed by atoms with E-state index in [1.807, 2.05) is 0 Å². The van der Waals surface area contributed by atoms with Crippen molar-refractivity contribution < 1.29 is 19.1 Å². The molecule has 0 fully saturated rings. The molecule has 0 saturated carbocycles. The number of aryl methyl sites for hydroxylation is 1. The van der Waals surface area contributed by atoms with E-state index >= 15 is 0 Å². The summed E-state index contributed by atoms with van der Waals surface area (Å²) < 4.78 is 5.18. The Morgan fingerprint density at radius 2 is 1.92 bits per heavy atom. The van der Waals surface area contributed by atoms with Crippen molar-refractivity contribution in [3.05, 3.63) is 51.6 Å². The number of esters is 1. The number of ether oxygens (including phenoxy) is 1. The maximum Gasteiger partial charge on any atom is 0.340 e. The zero-order chi connectivity index (χ0) is 18.0. The first-order valence-electron chi connectivity index (χ1n) is 7.29. The van der Waals surface area contributed by atoms with E-state index in [-0.39, 0.29) is 22.2 Å². The average Bonchev–Trinajstić information content (AvgIpc) is 2.81. The first kappa shape index (κ1) is 17.9. The van der Waals surface area contributed by atoms with Gasteiger partial charge in [0.2, 0.25) is 5.78 Å². The number of aromatic amines is 1. The van der Waals surface area contributed by atoms with Gasteiger partial charge in [-0.3, -0.25) is 9.59 Å². The maximum atomic E-state index is 12.5. The Morgan fingerprint density at radius 1 is 1.25 bits per heavy atom. The van der Waals surface area contributed by atoms with Gasteiger partial charge in [-0.05, 0) is 45.4 Å². The van der Waals surface area contributed by atoms with Gasteiger partial charge in [0.15, 0.2) is 11.9 Å². The number of carbonyl (C=O) groups excluding carboxylic acids is 3. The van der Waals surface area contributed by atoms with Crippen molar-refractivity contribution in [3.63, 3.8) is 0 Å². The van der Waals surface area contributed by atoms with Crippen LogP contribution in [0.2, 0.25) is 5.15 Å². The third-order valence-corrected chi connectivity index (χ3v) is 3.88. The highest BCUT2D eigenvalue weighted by Gasteiger charge is 2.26. The highest BCUT2D eigenvalue weighted by Crippen LogP contribution is 2.20. The summed E-state index contributed by atoms with van der Waals surface area (Å²) in [5, 5.41) is 0.255. The Morgan fingerprint density at radius 3 is 2.42 bits per heavy atom. The molecule has 0 spiro atoms. The van der Waals surface area contributed by atoms with Gasteiger partial charge >= 0.3 is 5.97 Å². The smallest absolute Gasteiger partial charge is 0.340 e. The molecule has 0 amide bonds. The Bertz CT molecular complexity index is 809. The predicted octanol–water partition coefficient (Wildman–Crippen LogP) is 3.31. The number of aromatic nitrogens is 2. The molecule has 0 aliphatic heterocycles. The van der Waals surface area contributed by atoms with Crippen LogP contribution in [0.5, 0.6) is 0 Å². The third kappa shape index (κ3) is 3.54. The van der Waals surface area contributed by atoms with E-state index in [9.17, 15) is 14.4 Å². The second-order valence-corrected chi connectivity index (χ2v) is 5.85. The molecule has 2 aromatic rings. The third-order valence-electron chi connectivity index (χ3n) is 3.65. The van der Waals surface area contributed by atoms with Crippen LogP contribution in [0, 0.1) is 13.8 Å². The van der Waals surface area contributed by atoms with Crippen molar-refractivity contribution >= 4 is 29.1 Å². The normalized spacial score (nSPS) is 11.9. The van der Waals surface area contributed by atoms with Crippen LogP contribution in [-0.4, -0.2) is 33.6 Å². The largest absolute Gasteiger partial charge is 0.451 e. The zero-order valence-corrected chi connectivity index (χ0v) is 14.5. The number of nitrogens with zero attached hydrogens (tertiary/aromatic N) is 1. The first-order valence-corrected chi connectivity index (χ1v) is 7.67. The number of pyridine rings is 1. The molecule has 0 unspecified atom stereocenters. The molecule has 1 atom stereocenters. The molecule has 1 N–H and O–H groups in total. The van der Waals surface area contributed by atoms with Gasteiger partial charge < -0.3 is 9.72 Å². The van der Waals surface area contributed by atoms with E-state index in [0.717, 1.165) is 0 Å². The van der Waals surface area contributed by atoms with Crippen molar-refractivity contribution in [1.82, 2.24) is 9.97 Å². The zero-order valence-electron chi connectivity index (χ0n) is 13.8. The Kier molecular flexibility index (Phi) is 5.19. The van der Waals surface area contributed by atoms with Gasteiger partial charge in [-0.25, -0.2) is 9.78 Å². The number of hydrogen-bond donors (Lipinski definition) is 1. The van der Waals surface area contributed by atoms with E-state index in [1.165, 1.54) is 32.2 Å². The number of hydrogen-bond acceptors (Lipinski definition) is 5. The average molecular weight is 349 g/mol. The van der Waals surface area contributed by atoms with Crippen LogP contribution in [-0.2, 0) is 4.74 Å². The maximum absolute atomic E-state index is 12.5. The lowest BCUT2D eigenvalue weighted by atomic mass is 10.0. The van der Waals surface area contributed by atoms with Crippen molar-refractivity contribution in [1.29, 1.82) is 0 Å². The van der Waals surface area contributed by atoms with E-state index in [2.05, 4.69) is 9.97 Å². The van der Waals surface area contributed by atoms with Crippen LogP contribution < -0.4 is 0 Å². The number of nitrogens with one attached hydrogen (secondary N) is 1. The molecule has 2 aromatic heterocycles. The summed E-state index contributed by atoms with van der Waals surface area (Å²) in [4.78, 5) is 42.9. The van der Waals surface area contributed by atoms with Gasteiger partial charge in [-0.2, -0.15) is 0 Å². The first-order chi connectivity index (χ1) is 11.2. The summed E-state index contributed by atoms with van der Waals surface area (Å²) >= 11 is 5.66. The molecule has 2 rings (SSSR count). The minimum absolute atomic E-state index is 0.128. The van der Waals surface area contributed by atoms with Crippen LogP contribution in [0.1, 0.15) is 56.3 Å². The van der Waals surface area contributed by atoms with Crippen molar-refractivity contribution in [3.8, 4) is 0 Å². The van der Waals surface area contributed by atoms with Gasteiger partial charge in [-0.15, -0.1) is 0 Å². The highest BCUT2D eigenvalue weighted by atomic mass is 35.5. The van der Waals surface area contributed by atoms with Crippen molar-refractivity contribution in [2.45, 2.75) is 33.8 Å². The van der Waals surface area contributed by atoms with Crippen molar-refractivity contribution in [2.24, 2.45) is 0 Å². The topological polar surface area (TPSA) is 89.1 Å². The van der Waals surface area contributed by atoms with E-state index in [1.54, 1.807) is 13.8 Å².